The fourth-order valence-electron chi connectivity index (χ4n) is 2.88. The maximum Gasteiger partial charge on any atom is 0.246 e. The molecule has 2 aromatic carbocycles. The second-order valence-electron chi connectivity index (χ2n) is 6.23. The molecule has 1 aliphatic heterocycles. The van der Waals surface area contributed by atoms with E-state index in [1.807, 2.05) is 12.1 Å². The number of benzene rings is 2. The highest BCUT2D eigenvalue weighted by atomic mass is 79.9. The molecular weight excluding hydrogens is 448 g/mol. The molecule has 0 atom stereocenters. The molecule has 2 aromatic rings. The van der Waals surface area contributed by atoms with Crippen molar-refractivity contribution in [3.63, 3.8) is 0 Å². The molecule has 1 fully saturated rings. The Hall–Kier alpha value is -1.94. The Morgan fingerprint density at radius 2 is 1.86 bits per heavy atom. The van der Waals surface area contributed by atoms with Crippen LogP contribution in [0.1, 0.15) is 5.56 Å². The molecule has 150 valence electrons. The number of hydrogen-bond donors (Lipinski definition) is 1. The third kappa shape index (κ3) is 4.91. The number of morpholine rings is 1. The van der Waals surface area contributed by atoms with Crippen molar-refractivity contribution in [3.8, 4) is 5.75 Å². The van der Waals surface area contributed by atoms with E-state index in [-0.39, 0.29) is 23.0 Å². The molecule has 0 aromatic heterocycles. The van der Waals surface area contributed by atoms with Gasteiger partial charge in [-0.1, -0.05) is 22.0 Å². The highest BCUT2D eigenvalue weighted by Gasteiger charge is 2.29. The maximum absolute atomic E-state index is 13.0. The van der Waals surface area contributed by atoms with Crippen LogP contribution in [0.15, 0.2) is 51.8 Å². The number of nitrogens with one attached hydrogen (secondary N) is 1. The first-order valence-corrected chi connectivity index (χ1v) is 10.9. The summed E-state index contributed by atoms with van der Waals surface area (Å²) in [7, 11) is -2.31. The monoisotopic (exact) mass is 468 g/mol. The van der Waals surface area contributed by atoms with Crippen LogP contribution >= 0.6 is 15.9 Å². The Balaban J connectivity index is 1.80. The van der Waals surface area contributed by atoms with E-state index in [2.05, 4.69) is 21.2 Å². The number of methoxy groups -OCH3 is 1. The van der Waals surface area contributed by atoms with Crippen molar-refractivity contribution in [2.45, 2.75) is 11.3 Å². The van der Waals surface area contributed by atoms with Crippen LogP contribution in [0.2, 0.25) is 0 Å². The molecule has 1 amide bonds. The van der Waals surface area contributed by atoms with Gasteiger partial charge in [0, 0.05) is 23.2 Å². The molecule has 0 saturated carbocycles. The van der Waals surface area contributed by atoms with E-state index < -0.39 is 10.0 Å². The van der Waals surface area contributed by atoms with Crippen LogP contribution in [0.4, 0.5) is 5.69 Å². The van der Waals surface area contributed by atoms with Crippen LogP contribution in [0.5, 0.6) is 5.75 Å². The molecule has 0 unspecified atom stereocenters. The Kier molecular flexibility index (Phi) is 6.71. The summed E-state index contributed by atoms with van der Waals surface area (Å²) in [6.07, 6.45) is 0.0473. The summed E-state index contributed by atoms with van der Waals surface area (Å²) in [5.74, 6) is 0.0192. The van der Waals surface area contributed by atoms with E-state index in [1.54, 1.807) is 24.3 Å². The lowest BCUT2D eigenvalue weighted by atomic mass is 10.1. The smallest absolute Gasteiger partial charge is 0.246 e. The number of nitrogens with zero attached hydrogens (tertiary/aromatic N) is 1. The van der Waals surface area contributed by atoms with Gasteiger partial charge in [-0.3, -0.25) is 4.79 Å². The van der Waals surface area contributed by atoms with Crippen LogP contribution < -0.4 is 10.1 Å². The van der Waals surface area contributed by atoms with E-state index >= 15 is 0 Å². The highest BCUT2D eigenvalue weighted by molar-refractivity contribution is 9.10. The van der Waals surface area contributed by atoms with E-state index in [0.29, 0.717) is 37.6 Å². The van der Waals surface area contributed by atoms with Crippen LogP contribution in [0.25, 0.3) is 0 Å². The zero-order chi connectivity index (χ0) is 20.1. The summed E-state index contributed by atoms with van der Waals surface area (Å²) in [5.41, 5.74) is 1.25. The molecule has 1 N–H and O–H groups in total. The second kappa shape index (κ2) is 9.04. The minimum Gasteiger partial charge on any atom is -0.495 e. The lowest BCUT2D eigenvalue weighted by Crippen LogP contribution is -2.40. The number of sulfonamides is 1. The molecule has 28 heavy (non-hydrogen) atoms. The summed E-state index contributed by atoms with van der Waals surface area (Å²) >= 11 is 3.35. The van der Waals surface area contributed by atoms with Gasteiger partial charge in [-0.05, 0) is 42.0 Å². The second-order valence-corrected chi connectivity index (χ2v) is 9.06. The van der Waals surface area contributed by atoms with E-state index in [1.165, 1.54) is 17.5 Å². The van der Waals surface area contributed by atoms with Gasteiger partial charge in [-0.2, -0.15) is 4.31 Å². The number of anilines is 1. The van der Waals surface area contributed by atoms with Crippen molar-refractivity contribution in [2.75, 3.05) is 38.7 Å². The minimum atomic E-state index is -3.74. The Morgan fingerprint density at radius 3 is 2.50 bits per heavy atom. The van der Waals surface area contributed by atoms with Gasteiger partial charge in [-0.25, -0.2) is 8.42 Å². The van der Waals surface area contributed by atoms with Crippen LogP contribution in [-0.2, 0) is 26.0 Å². The fraction of sp³-hybridized carbons (Fsp3) is 0.316. The first kappa shape index (κ1) is 20.8. The largest absolute Gasteiger partial charge is 0.495 e. The van der Waals surface area contributed by atoms with Gasteiger partial charge in [-0.15, -0.1) is 0 Å². The Labute approximate surface area is 172 Å². The van der Waals surface area contributed by atoms with E-state index in [0.717, 1.165) is 4.47 Å². The Bertz CT molecular complexity index is 941. The molecule has 7 nitrogen and oxygen atoms in total. The average molecular weight is 469 g/mol. The number of halogens is 1. The zero-order valence-corrected chi connectivity index (χ0v) is 17.8. The van der Waals surface area contributed by atoms with Gasteiger partial charge >= 0.3 is 0 Å². The maximum atomic E-state index is 13.0. The zero-order valence-electron chi connectivity index (χ0n) is 15.4. The van der Waals surface area contributed by atoms with Crippen molar-refractivity contribution in [1.29, 1.82) is 0 Å². The van der Waals surface area contributed by atoms with Gasteiger partial charge in [0.25, 0.3) is 0 Å². The summed E-state index contributed by atoms with van der Waals surface area (Å²) in [4.78, 5) is 12.4. The third-order valence-corrected chi connectivity index (χ3v) is 6.76. The number of hydrogen-bond acceptors (Lipinski definition) is 5. The number of amides is 1. The van der Waals surface area contributed by atoms with Crippen molar-refractivity contribution in [2.24, 2.45) is 0 Å². The molecule has 0 bridgehead atoms. The molecule has 1 aliphatic rings. The van der Waals surface area contributed by atoms with Crippen LogP contribution in [-0.4, -0.2) is 52.0 Å². The minimum absolute atomic E-state index is 0.0473. The number of carbonyl (C=O) groups excluding carboxylic acids is 1. The molecule has 0 aliphatic carbocycles. The van der Waals surface area contributed by atoms with E-state index in [9.17, 15) is 13.2 Å². The molecule has 1 heterocycles. The number of ether oxygens (including phenoxy) is 2. The topological polar surface area (TPSA) is 84.9 Å². The Morgan fingerprint density at radius 1 is 1.18 bits per heavy atom. The van der Waals surface area contributed by atoms with Crippen molar-refractivity contribution in [3.05, 3.63) is 52.5 Å². The van der Waals surface area contributed by atoms with Crippen molar-refractivity contribution in [1.82, 2.24) is 4.31 Å². The number of carbonyl (C=O) groups is 1. The lowest BCUT2D eigenvalue weighted by Gasteiger charge is -2.26. The highest BCUT2D eigenvalue weighted by Crippen LogP contribution is 2.28. The van der Waals surface area contributed by atoms with Gasteiger partial charge < -0.3 is 14.8 Å². The van der Waals surface area contributed by atoms with Gasteiger partial charge in [0.2, 0.25) is 15.9 Å². The van der Waals surface area contributed by atoms with Crippen molar-refractivity contribution >= 4 is 37.5 Å². The summed E-state index contributed by atoms with van der Waals surface area (Å²) in [6, 6.07) is 12.0. The first-order valence-electron chi connectivity index (χ1n) is 8.70. The van der Waals surface area contributed by atoms with Crippen LogP contribution in [0, 0.1) is 0 Å². The standard InChI is InChI=1S/C19H21BrN2O5S/c1-26-17-7-2-14(13-19(23)21-16-5-3-15(20)4-6-16)12-18(17)28(24,25)22-8-10-27-11-9-22/h2-7,12H,8-11,13H2,1H3,(H,21,23). The molecular formula is C19H21BrN2O5S. The lowest BCUT2D eigenvalue weighted by molar-refractivity contribution is -0.115. The average Bonchev–Trinajstić information content (AvgIpc) is 2.70. The first-order chi connectivity index (χ1) is 13.4. The molecule has 3 rings (SSSR count). The summed E-state index contributed by atoms with van der Waals surface area (Å²) < 4.78 is 38.8. The molecule has 0 radical (unpaired) electrons. The van der Waals surface area contributed by atoms with E-state index in [4.69, 9.17) is 9.47 Å². The normalized spacial score (nSPS) is 15.2. The fourth-order valence-corrected chi connectivity index (χ4v) is 4.76. The third-order valence-electron chi connectivity index (χ3n) is 4.31. The quantitative estimate of drug-likeness (QED) is 0.704. The summed E-state index contributed by atoms with van der Waals surface area (Å²) in [6.45, 7) is 1.30. The van der Waals surface area contributed by atoms with Gasteiger partial charge in [0.1, 0.15) is 10.6 Å². The molecule has 9 heteroatoms. The van der Waals surface area contributed by atoms with Crippen LogP contribution in [0.3, 0.4) is 0 Å². The molecule has 0 spiro atoms. The predicted octanol–water partition coefficient (Wildman–Crippen LogP) is 2.66. The summed E-state index contributed by atoms with van der Waals surface area (Å²) in [5, 5.41) is 2.80. The van der Waals surface area contributed by atoms with Gasteiger partial charge in [0.05, 0.1) is 26.7 Å². The van der Waals surface area contributed by atoms with Crippen molar-refractivity contribution < 1.29 is 22.7 Å². The van der Waals surface area contributed by atoms with Gasteiger partial charge in [0.15, 0.2) is 0 Å². The SMILES string of the molecule is COc1ccc(CC(=O)Nc2ccc(Br)cc2)cc1S(=O)(=O)N1CCOCC1. The number of rotatable bonds is 6. The predicted molar refractivity (Wildman–Crippen MR) is 109 cm³/mol. The molecule has 1 saturated heterocycles.